The number of aliphatic hydroxyl groups excluding tert-OH is 1. The van der Waals surface area contributed by atoms with Gasteiger partial charge in [0.25, 0.3) is 5.91 Å². The second-order valence-corrected chi connectivity index (χ2v) is 12.3. The summed E-state index contributed by atoms with van der Waals surface area (Å²) in [6, 6.07) is 10.1. The van der Waals surface area contributed by atoms with Crippen LogP contribution in [0.1, 0.15) is 49.5 Å². The Morgan fingerprint density at radius 2 is 1.47 bits per heavy atom. The standard InChI is InChI=1S/C35H41F3N6O7/c1-19(2)29(44-32(49)23-10-8-22(9-11-23)24-5-4-16-40-18-24)34(51)43-27(17-21-6-12-25(45)13-7-21)33(50)41-20(3)31(48)42-26(14-15-28(39)46)30(47)35(36,37)38/h4-13,16,18-20,26-27,29-30,45,47H,14-15,17H2,1-3H3,(H2,39,46)(H,41,50)(H,42,48)(H,43,51)(H,44,49). The summed E-state index contributed by atoms with van der Waals surface area (Å²) in [7, 11) is 0. The van der Waals surface area contributed by atoms with Crippen LogP contribution in [0.25, 0.3) is 11.1 Å². The van der Waals surface area contributed by atoms with Gasteiger partial charge in [-0.15, -0.1) is 0 Å². The number of primary amides is 1. The van der Waals surface area contributed by atoms with E-state index >= 15 is 0 Å². The Hall–Kier alpha value is -5.51. The van der Waals surface area contributed by atoms with Crippen molar-refractivity contribution in [2.24, 2.45) is 11.7 Å². The number of phenols is 1. The molecule has 0 aliphatic heterocycles. The highest BCUT2D eigenvalue weighted by Gasteiger charge is 2.44. The Morgan fingerprint density at radius 1 is 0.824 bits per heavy atom. The first kappa shape index (κ1) is 39.9. The van der Waals surface area contributed by atoms with Crippen molar-refractivity contribution in [2.45, 2.75) is 76.5 Å². The van der Waals surface area contributed by atoms with E-state index in [4.69, 9.17) is 5.73 Å². The number of amides is 5. The summed E-state index contributed by atoms with van der Waals surface area (Å²) >= 11 is 0. The van der Waals surface area contributed by atoms with Crippen LogP contribution < -0.4 is 27.0 Å². The lowest BCUT2D eigenvalue weighted by Gasteiger charge is -2.28. The molecule has 0 saturated carbocycles. The van der Waals surface area contributed by atoms with Crippen LogP contribution in [0.2, 0.25) is 0 Å². The summed E-state index contributed by atoms with van der Waals surface area (Å²) in [6.07, 6.45) is -6.18. The Labute approximate surface area is 292 Å². The van der Waals surface area contributed by atoms with Gasteiger partial charge in [0, 0.05) is 30.8 Å². The van der Waals surface area contributed by atoms with E-state index in [0.29, 0.717) is 5.56 Å². The average molecular weight is 715 g/mol. The van der Waals surface area contributed by atoms with Gasteiger partial charge in [-0.05, 0) is 66.3 Å². The number of carbonyl (C=O) groups excluding carboxylic acids is 5. The molecule has 5 unspecified atom stereocenters. The van der Waals surface area contributed by atoms with Crippen molar-refractivity contribution in [3.05, 3.63) is 84.2 Å². The number of rotatable bonds is 16. The molecule has 0 radical (unpaired) electrons. The molecule has 13 nitrogen and oxygen atoms in total. The minimum absolute atomic E-state index is 0.0583. The van der Waals surface area contributed by atoms with E-state index < -0.39 is 84.7 Å². The number of nitrogens with two attached hydrogens (primary N) is 1. The number of alkyl halides is 3. The van der Waals surface area contributed by atoms with Gasteiger partial charge in [0.2, 0.25) is 23.6 Å². The van der Waals surface area contributed by atoms with Gasteiger partial charge in [-0.2, -0.15) is 13.2 Å². The Morgan fingerprint density at radius 3 is 2.02 bits per heavy atom. The topological polar surface area (TPSA) is 213 Å². The molecular formula is C35H41F3N6O7. The Bertz CT molecular complexity index is 1660. The van der Waals surface area contributed by atoms with Crippen molar-refractivity contribution in [2.75, 3.05) is 0 Å². The van der Waals surface area contributed by atoms with Crippen LogP contribution >= 0.6 is 0 Å². The highest BCUT2D eigenvalue weighted by Crippen LogP contribution is 2.24. The first-order valence-corrected chi connectivity index (χ1v) is 16.0. The number of aromatic hydroxyl groups is 1. The Kier molecular flexibility index (Phi) is 14.0. The third kappa shape index (κ3) is 12.1. The van der Waals surface area contributed by atoms with E-state index in [1.165, 1.54) is 31.2 Å². The average Bonchev–Trinajstić information content (AvgIpc) is 3.08. The van der Waals surface area contributed by atoms with Gasteiger partial charge >= 0.3 is 6.18 Å². The molecule has 0 aliphatic carbocycles. The molecular weight excluding hydrogens is 673 g/mol. The normalized spacial score (nSPS) is 14.4. The second-order valence-electron chi connectivity index (χ2n) is 12.3. The number of aliphatic hydroxyl groups is 1. The first-order chi connectivity index (χ1) is 24.0. The summed E-state index contributed by atoms with van der Waals surface area (Å²) in [5, 5.41) is 29.1. The van der Waals surface area contributed by atoms with E-state index in [1.54, 1.807) is 56.6 Å². The molecule has 0 bridgehead atoms. The monoisotopic (exact) mass is 714 g/mol. The summed E-state index contributed by atoms with van der Waals surface area (Å²) < 4.78 is 39.8. The predicted octanol–water partition coefficient (Wildman–Crippen LogP) is 2.11. The van der Waals surface area contributed by atoms with E-state index in [1.807, 2.05) is 11.4 Å². The number of nitrogens with zero attached hydrogens (tertiary/aromatic N) is 1. The predicted molar refractivity (Wildman–Crippen MR) is 180 cm³/mol. The number of hydrogen-bond donors (Lipinski definition) is 7. The summed E-state index contributed by atoms with van der Waals surface area (Å²) in [6.45, 7) is 4.54. The van der Waals surface area contributed by atoms with Gasteiger partial charge in [0.05, 0.1) is 6.04 Å². The van der Waals surface area contributed by atoms with Crippen molar-refractivity contribution in [3.8, 4) is 16.9 Å². The maximum absolute atomic E-state index is 13.6. The quantitative estimate of drug-likeness (QED) is 0.117. The van der Waals surface area contributed by atoms with Gasteiger partial charge in [-0.25, -0.2) is 0 Å². The fourth-order valence-electron chi connectivity index (χ4n) is 4.97. The lowest BCUT2D eigenvalue weighted by atomic mass is 10.00. The number of aromatic nitrogens is 1. The summed E-state index contributed by atoms with van der Waals surface area (Å²) in [5.74, 6) is -4.77. The van der Waals surface area contributed by atoms with Crippen LogP contribution in [0.5, 0.6) is 5.75 Å². The number of phenolic OH excluding ortho intramolecular Hbond substituents is 1. The number of pyridine rings is 1. The molecule has 2 aromatic carbocycles. The molecule has 3 rings (SSSR count). The maximum Gasteiger partial charge on any atom is 0.416 e. The second kappa shape index (κ2) is 17.9. The largest absolute Gasteiger partial charge is 0.508 e. The van der Waals surface area contributed by atoms with Gasteiger partial charge in [-0.3, -0.25) is 29.0 Å². The van der Waals surface area contributed by atoms with Crippen LogP contribution in [-0.4, -0.2) is 81.2 Å². The smallest absolute Gasteiger partial charge is 0.416 e. The minimum Gasteiger partial charge on any atom is -0.508 e. The van der Waals surface area contributed by atoms with E-state index in [-0.39, 0.29) is 17.7 Å². The van der Waals surface area contributed by atoms with E-state index in [9.17, 15) is 47.4 Å². The van der Waals surface area contributed by atoms with Crippen molar-refractivity contribution < 1.29 is 47.4 Å². The van der Waals surface area contributed by atoms with Crippen molar-refractivity contribution in [1.82, 2.24) is 26.3 Å². The lowest BCUT2D eigenvalue weighted by molar-refractivity contribution is -0.212. The zero-order chi connectivity index (χ0) is 37.9. The molecule has 51 heavy (non-hydrogen) atoms. The number of nitrogens with one attached hydrogen (secondary N) is 4. The molecule has 5 atom stereocenters. The summed E-state index contributed by atoms with van der Waals surface area (Å²) in [5.41, 5.74) is 7.45. The third-order valence-corrected chi connectivity index (χ3v) is 7.88. The Balaban J connectivity index is 1.76. The molecule has 8 N–H and O–H groups in total. The molecule has 16 heteroatoms. The highest BCUT2D eigenvalue weighted by atomic mass is 19.4. The van der Waals surface area contributed by atoms with E-state index in [0.717, 1.165) is 11.1 Å². The number of hydrogen-bond acceptors (Lipinski definition) is 8. The molecule has 0 saturated heterocycles. The molecule has 0 fully saturated rings. The fourth-order valence-corrected chi connectivity index (χ4v) is 4.97. The number of benzene rings is 2. The molecule has 1 heterocycles. The SMILES string of the molecule is CC(NC(=O)C(Cc1ccc(O)cc1)NC(=O)C(NC(=O)c1ccc(-c2cccnc2)cc1)C(C)C)C(=O)NC(CCC(N)=O)C(O)C(F)(F)F. The van der Waals surface area contributed by atoms with Gasteiger partial charge in [-0.1, -0.05) is 44.2 Å². The fraction of sp³-hybridized carbons (Fsp3) is 0.371. The zero-order valence-corrected chi connectivity index (χ0v) is 28.1. The van der Waals surface area contributed by atoms with Crippen LogP contribution in [-0.2, 0) is 25.6 Å². The van der Waals surface area contributed by atoms with Crippen molar-refractivity contribution in [3.63, 3.8) is 0 Å². The molecule has 0 spiro atoms. The molecule has 0 aliphatic rings. The highest BCUT2D eigenvalue weighted by molar-refractivity contribution is 5.99. The van der Waals surface area contributed by atoms with Crippen LogP contribution in [0, 0.1) is 5.92 Å². The molecule has 3 aromatic rings. The molecule has 5 amide bonds. The number of halogens is 3. The van der Waals surface area contributed by atoms with Gasteiger partial charge in [0.1, 0.15) is 23.9 Å². The van der Waals surface area contributed by atoms with E-state index in [2.05, 4.69) is 20.9 Å². The third-order valence-electron chi connectivity index (χ3n) is 7.88. The van der Waals surface area contributed by atoms with Crippen LogP contribution in [0.15, 0.2) is 73.1 Å². The van der Waals surface area contributed by atoms with Crippen molar-refractivity contribution >= 4 is 29.5 Å². The van der Waals surface area contributed by atoms with Crippen molar-refractivity contribution in [1.29, 1.82) is 0 Å². The number of carbonyl (C=O) groups is 5. The van der Waals surface area contributed by atoms with Gasteiger partial charge < -0.3 is 37.2 Å². The zero-order valence-electron chi connectivity index (χ0n) is 28.1. The summed E-state index contributed by atoms with van der Waals surface area (Å²) in [4.78, 5) is 68.4. The van der Waals surface area contributed by atoms with Crippen LogP contribution in [0.4, 0.5) is 13.2 Å². The first-order valence-electron chi connectivity index (χ1n) is 16.0. The molecule has 1 aromatic heterocycles. The maximum atomic E-state index is 13.6. The lowest BCUT2D eigenvalue weighted by Crippen LogP contribution is -2.59. The van der Waals surface area contributed by atoms with Gasteiger partial charge in [0.15, 0.2) is 6.10 Å². The molecule has 274 valence electrons. The minimum atomic E-state index is -5.13. The van der Waals surface area contributed by atoms with Crippen LogP contribution in [0.3, 0.4) is 0 Å².